The summed E-state index contributed by atoms with van der Waals surface area (Å²) in [5.41, 5.74) is 5.09. The van der Waals surface area contributed by atoms with E-state index in [1.165, 1.54) is 24.0 Å². The molecule has 41 heavy (non-hydrogen) atoms. The molecule has 1 heterocycles. The van der Waals surface area contributed by atoms with Gasteiger partial charge in [-0.25, -0.2) is 10.1 Å². The molecule has 0 atom stereocenters. The standard InChI is InChI=1S/C28H29ClN8O3S/c1-36(2)13-14-37-28(33-34-35-37)41-18-20-5-4-6-21(15-20)26(38)31-25-12-9-22(29)16-24(25)27(39)32-30-17-19-7-10-23(40-3)11-8-19/h4-12,15-17H,13-14,18H2,1-3H3,(H,31,38)(H,32,39)/b30-17+. The molecule has 1 aromatic heterocycles. The third-order valence-corrected chi connectivity index (χ3v) is 7.05. The fourth-order valence-electron chi connectivity index (χ4n) is 3.61. The number of tetrazole rings is 1. The molecule has 0 aliphatic carbocycles. The van der Waals surface area contributed by atoms with Gasteiger partial charge in [0.2, 0.25) is 5.16 Å². The number of rotatable bonds is 12. The molecule has 0 unspecified atom stereocenters. The number of nitrogens with zero attached hydrogens (tertiary/aromatic N) is 6. The first kappa shape index (κ1) is 29.7. The van der Waals surface area contributed by atoms with Crippen LogP contribution in [0, 0.1) is 0 Å². The highest BCUT2D eigenvalue weighted by atomic mass is 35.5. The average Bonchev–Trinajstić information content (AvgIpc) is 3.43. The third kappa shape index (κ3) is 8.61. The van der Waals surface area contributed by atoms with Gasteiger partial charge in [0.15, 0.2) is 0 Å². The van der Waals surface area contributed by atoms with Crippen molar-refractivity contribution in [2.24, 2.45) is 5.10 Å². The highest BCUT2D eigenvalue weighted by Gasteiger charge is 2.16. The van der Waals surface area contributed by atoms with E-state index in [9.17, 15) is 9.59 Å². The number of nitrogens with one attached hydrogen (secondary N) is 2. The van der Waals surface area contributed by atoms with E-state index in [4.69, 9.17) is 16.3 Å². The van der Waals surface area contributed by atoms with Gasteiger partial charge >= 0.3 is 0 Å². The van der Waals surface area contributed by atoms with Crippen LogP contribution in [0.15, 0.2) is 77.0 Å². The van der Waals surface area contributed by atoms with E-state index >= 15 is 0 Å². The van der Waals surface area contributed by atoms with E-state index < -0.39 is 5.91 Å². The van der Waals surface area contributed by atoms with E-state index in [2.05, 4.69) is 36.3 Å². The minimum Gasteiger partial charge on any atom is -0.497 e. The van der Waals surface area contributed by atoms with Crippen LogP contribution in [-0.4, -0.2) is 70.9 Å². The number of thioether (sulfide) groups is 1. The Bertz CT molecular complexity index is 1530. The number of hydrogen-bond acceptors (Lipinski definition) is 9. The van der Waals surface area contributed by atoms with Gasteiger partial charge in [-0.3, -0.25) is 9.59 Å². The van der Waals surface area contributed by atoms with Crippen molar-refractivity contribution in [3.8, 4) is 5.75 Å². The summed E-state index contributed by atoms with van der Waals surface area (Å²) < 4.78 is 6.90. The van der Waals surface area contributed by atoms with Gasteiger partial charge in [-0.1, -0.05) is 35.5 Å². The Balaban J connectivity index is 1.40. The maximum Gasteiger partial charge on any atom is 0.273 e. The molecule has 11 nitrogen and oxygen atoms in total. The zero-order valence-corrected chi connectivity index (χ0v) is 24.3. The maximum atomic E-state index is 13.1. The molecule has 0 spiro atoms. The molecule has 0 radical (unpaired) electrons. The van der Waals surface area contributed by atoms with Crippen LogP contribution in [0.2, 0.25) is 5.02 Å². The van der Waals surface area contributed by atoms with E-state index in [-0.39, 0.29) is 11.5 Å². The molecule has 13 heteroatoms. The first-order chi connectivity index (χ1) is 19.8. The number of methoxy groups -OCH3 is 1. The number of halogens is 1. The third-order valence-electron chi connectivity index (χ3n) is 5.79. The average molecular weight is 593 g/mol. The van der Waals surface area contributed by atoms with Crippen molar-refractivity contribution in [3.63, 3.8) is 0 Å². The second kappa shape index (κ2) is 14.4. The Morgan fingerprint density at radius 3 is 2.66 bits per heavy atom. The molecule has 4 rings (SSSR count). The first-order valence-corrected chi connectivity index (χ1v) is 13.9. The van der Waals surface area contributed by atoms with Crippen LogP contribution >= 0.6 is 23.4 Å². The lowest BCUT2D eigenvalue weighted by Crippen LogP contribution is -2.21. The number of benzene rings is 3. The van der Waals surface area contributed by atoms with Crippen LogP contribution in [0.5, 0.6) is 5.75 Å². The molecule has 0 bridgehead atoms. The lowest BCUT2D eigenvalue weighted by molar-refractivity contribution is 0.0956. The van der Waals surface area contributed by atoms with Crippen LogP contribution in [0.25, 0.3) is 0 Å². The van der Waals surface area contributed by atoms with Gasteiger partial charge in [0, 0.05) is 22.9 Å². The summed E-state index contributed by atoms with van der Waals surface area (Å²) in [4.78, 5) is 28.1. The van der Waals surface area contributed by atoms with Crippen molar-refractivity contribution >= 4 is 47.1 Å². The van der Waals surface area contributed by atoms with Crippen molar-refractivity contribution in [2.45, 2.75) is 17.5 Å². The number of likely N-dealkylation sites (N-methyl/N-ethyl adjacent to an activating group) is 1. The number of ether oxygens (including phenoxy) is 1. The van der Waals surface area contributed by atoms with Crippen LogP contribution < -0.4 is 15.5 Å². The van der Waals surface area contributed by atoms with E-state index in [0.717, 1.165) is 17.7 Å². The quantitative estimate of drug-likeness (QED) is 0.142. The number of carbonyl (C=O) groups excluding carboxylic acids is 2. The fraction of sp³-hybridized carbons (Fsp3) is 0.214. The predicted molar refractivity (Wildman–Crippen MR) is 160 cm³/mol. The number of aromatic nitrogens is 4. The van der Waals surface area contributed by atoms with Gasteiger partial charge in [-0.2, -0.15) is 5.10 Å². The highest BCUT2D eigenvalue weighted by Crippen LogP contribution is 2.23. The van der Waals surface area contributed by atoms with Crippen LogP contribution in [0.1, 0.15) is 31.8 Å². The molecule has 4 aromatic rings. The fourth-order valence-corrected chi connectivity index (χ4v) is 4.63. The van der Waals surface area contributed by atoms with Crippen molar-refractivity contribution in [3.05, 3.63) is 94.0 Å². The van der Waals surface area contributed by atoms with Crippen molar-refractivity contribution in [1.82, 2.24) is 30.5 Å². The summed E-state index contributed by atoms with van der Waals surface area (Å²) >= 11 is 7.64. The summed E-state index contributed by atoms with van der Waals surface area (Å²) in [6.45, 7) is 1.49. The number of amides is 2. The Hall–Kier alpha value is -4.26. The van der Waals surface area contributed by atoms with Gasteiger partial charge in [-0.15, -0.1) is 5.10 Å². The topological polar surface area (TPSA) is 127 Å². The summed E-state index contributed by atoms with van der Waals surface area (Å²) in [6.07, 6.45) is 1.50. The predicted octanol–water partition coefficient (Wildman–Crippen LogP) is 4.21. The summed E-state index contributed by atoms with van der Waals surface area (Å²) in [5, 5.41) is 19.8. The highest BCUT2D eigenvalue weighted by molar-refractivity contribution is 7.98. The Morgan fingerprint density at radius 1 is 1.10 bits per heavy atom. The van der Waals surface area contributed by atoms with Gasteiger partial charge in [0.1, 0.15) is 5.75 Å². The summed E-state index contributed by atoms with van der Waals surface area (Å²) in [5.74, 6) is 0.396. The Kier molecular flexibility index (Phi) is 10.4. The zero-order valence-electron chi connectivity index (χ0n) is 22.7. The van der Waals surface area contributed by atoms with Gasteiger partial charge in [0.05, 0.1) is 31.1 Å². The molecule has 0 aliphatic heterocycles. The maximum absolute atomic E-state index is 13.1. The Morgan fingerprint density at radius 2 is 1.90 bits per heavy atom. The zero-order chi connectivity index (χ0) is 29.2. The lowest BCUT2D eigenvalue weighted by atomic mass is 10.1. The van der Waals surface area contributed by atoms with E-state index in [1.807, 2.05) is 26.2 Å². The van der Waals surface area contributed by atoms with Crippen LogP contribution in [-0.2, 0) is 12.3 Å². The van der Waals surface area contributed by atoms with Crippen LogP contribution in [0.4, 0.5) is 5.69 Å². The van der Waals surface area contributed by atoms with E-state index in [0.29, 0.717) is 39.5 Å². The molecule has 3 aromatic carbocycles. The molecule has 0 aliphatic rings. The number of hydrazone groups is 1. The van der Waals surface area contributed by atoms with Gasteiger partial charge in [-0.05, 0) is 90.2 Å². The normalized spacial score (nSPS) is 11.1. The largest absolute Gasteiger partial charge is 0.497 e. The minimum absolute atomic E-state index is 0.175. The SMILES string of the molecule is COc1ccc(/C=N/NC(=O)c2cc(Cl)ccc2NC(=O)c2cccc(CSc3nnnn3CCN(C)C)c2)cc1. The molecular formula is C28H29ClN8O3S. The molecule has 0 fully saturated rings. The van der Waals surface area contributed by atoms with Gasteiger partial charge in [0.25, 0.3) is 11.8 Å². The molecule has 2 N–H and O–H groups in total. The number of anilines is 1. The number of hydrogen-bond donors (Lipinski definition) is 2. The molecule has 212 valence electrons. The molecule has 2 amide bonds. The van der Waals surface area contributed by atoms with Crippen molar-refractivity contribution in [1.29, 1.82) is 0 Å². The van der Waals surface area contributed by atoms with Crippen molar-refractivity contribution in [2.75, 3.05) is 33.1 Å². The first-order valence-electron chi connectivity index (χ1n) is 12.5. The second-order valence-electron chi connectivity index (χ2n) is 9.09. The molecule has 0 saturated heterocycles. The van der Waals surface area contributed by atoms with E-state index in [1.54, 1.807) is 60.3 Å². The number of carbonyl (C=O) groups is 2. The van der Waals surface area contributed by atoms with Crippen LogP contribution in [0.3, 0.4) is 0 Å². The Labute approximate surface area is 246 Å². The summed E-state index contributed by atoms with van der Waals surface area (Å²) in [6, 6.07) is 19.1. The van der Waals surface area contributed by atoms with Crippen molar-refractivity contribution < 1.29 is 14.3 Å². The molecule has 0 saturated carbocycles. The lowest BCUT2D eigenvalue weighted by Gasteiger charge is -2.12. The minimum atomic E-state index is -0.523. The second-order valence-corrected chi connectivity index (χ2v) is 10.5. The van der Waals surface area contributed by atoms with Gasteiger partial charge < -0.3 is 15.0 Å². The smallest absolute Gasteiger partial charge is 0.273 e. The molecular weight excluding hydrogens is 564 g/mol. The summed E-state index contributed by atoms with van der Waals surface area (Å²) in [7, 11) is 5.57. The monoisotopic (exact) mass is 592 g/mol.